The Balaban J connectivity index is 2.36. The van der Waals surface area contributed by atoms with Crippen LogP contribution in [0.4, 0.5) is 5.69 Å². The summed E-state index contributed by atoms with van der Waals surface area (Å²) in [6.07, 6.45) is 0.671. The number of carbonyl (C=O) groups excluding carboxylic acids is 2. The number of hydrogen-bond acceptors (Lipinski definition) is 2. The Labute approximate surface area is 98.8 Å². The first-order chi connectivity index (χ1) is 7.61. The van der Waals surface area contributed by atoms with E-state index < -0.39 is 0 Å². The lowest BCUT2D eigenvalue weighted by Crippen LogP contribution is -2.27. The van der Waals surface area contributed by atoms with Gasteiger partial charge >= 0.3 is 0 Å². The Morgan fingerprint density at radius 3 is 3.00 bits per heavy atom. The van der Waals surface area contributed by atoms with Crippen LogP contribution in [0.15, 0.2) is 18.2 Å². The Morgan fingerprint density at radius 2 is 2.31 bits per heavy atom. The van der Waals surface area contributed by atoms with E-state index in [0.29, 0.717) is 12.0 Å². The first-order valence-corrected chi connectivity index (χ1v) is 5.68. The van der Waals surface area contributed by atoms with Gasteiger partial charge in [-0.3, -0.25) is 9.59 Å². The topological polar surface area (TPSA) is 46.2 Å². The van der Waals surface area contributed by atoms with Crippen molar-refractivity contribution < 1.29 is 9.59 Å². The van der Waals surface area contributed by atoms with E-state index in [1.807, 2.05) is 13.0 Å². The number of nitrogens with one attached hydrogen (secondary N) is 1. The standard InChI is InChI=1S/C12H12ClNO2/c1-7-4-9-5-8(11(15)6-13)2-3-10(9)14-12(7)16/h2-3,5,7H,4,6H2,1H3,(H,14,16). The molecule has 1 unspecified atom stereocenters. The highest BCUT2D eigenvalue weighted by molar-refractivity contribution is 6.30. The van der Waals surface area contributed by atoms with E-state index in [-0.39, 0.29) is 23.5 Å². The van der Waals surface area contributed by atoms with Crippen molar-refractivity contribution in [3.05, 3.63) is 29.3 Å². The molecule has 4 heteroatoms. The van der Waals surface area contributed by atoms with Gasteiger partial charge in [0.25, 0.3) is 0 Å². The molecule has 1 heterocycles. The van der Waals surface area contributed by atoms with Crippen molar-refractivity contribution in [2.45, 2.75) is 13.3 Å². The van der Waals surface area contributed by atoms with Crippen LogP contribution in [0.2, 0.25) is 0 Å². The van der Waals surface area contributed by atoms with Crippen LogP contribution in [0, 0.1) is 5.92 Å². The molecular weight excluding hydrogens is 226 g/mol. The van der Waals surface area contributed by atoms with E-state index in [9.17, 15) is 9.59 Å². The molecule has 0 saturated carbocycles. The maximum atomic E-state index is 11.4. The second-order valence-corrected chi connectivity index (χ2v) is 4.29. The van der Waals surface area contributed by atoms with Crippen LogP contribution in [0.3, 0.4) is 0 Å². The third-order valence-electron chi connectivity index (χ3n) is 2.78. The molecule has 0 spiro atoms. The Hall–Kier alpha value is -1.35. The molecule has 1 N–H and O–H groups in total. The lowest BCUT2D eigenvalue weighted by Gasteiger charge is -2.22. The van der Waals surface area contributed by atoms with Gasteiger partial charge < -0.3 is 5.32 Å². The molecule has 1 aromatic rings. The SMILES string of the molecule is CC1Cc2cc(C(=O)CCl)ccc2NC1=O. The highest BCUT2D eigenvalue weighted by Crippen LogP contribution is 2.26. The fourth-order valence-electron chi connectivity index (χ4n) is 1.81. The maximum Gasteiger partial charge on any atom is 0.227 e. The average molecular weight is 238 g/mol. The summed E-state index contributed by atoms with van der Waals surface area (Å²) in [7, 11) is 0. The van der Waals surface area contributed by atoms with Crippen LogP contribution in [-0.4, -0.2) is 17.6 Å². The molecule has 3 nitrogen and oxygen atoms in total. The van der Waals surface area contributed by atoms with E-state index in [1.54, 1.807) is 12.1 Å². The third kappa shape index (κ3) is 1.95. The van der Waals surface area contributed by atoms with Gasteiger partial charge in [-0.15, -0.1) is 11.6 Å². The maximum absolute atomic E-state index is 11.4. The number of benzene rings is 1. The monoisotopic (exact) mass is 237 g/mol. The highest BCUT2D eigenvalue weighted by atomic mass is 35.5. The number of Topliss-reactive ketones (excluding diaryl/α,β-unsaturated/α-hetero) is 1. The minimum atomic E-state index is -0.0889. The van der Waals surface area contributed by atoms with E-state index >= 15 is 0 Å². The summed E-state index contributed by atoms with van der Waals surface area (Å²) in [6, 6.07) is 5.27. The van der Waals surface area contributed by atoms with Gasteiger partial charge in [-0.2, -0.15) is 0 Å². The lowest BCUT2D eigenvalue weighted by molar-refractivity contribution is -0.119. The van der Waals surface area contributed by atoms with Gasteiger partial charge in [-0.05, 0) is 30.2 Å². The van der Waals surface area contributed by atoms with Crippen LogP contribution in [-0.2, 0) is 11.2 Å². The average Bonchev–Trinajstić information content (AvgIpc) is 2.29. The lowest BCUT2D eigenvalue weighted by atomic mass is 9.93. The Morgan fingerprint density at radius 1 is 1.56 bits per heavy atom. The van der Waals surface area contributed by atoms with Crippen molar-refractivity contribution in [3.8, 4) is 0 Å². The van der Waals surface area contributed by atoms with Crippen molar-refractivity contribution in [2.75, 3.05) is 11.2 Å². The predicted molar refractivity (Wildman–Crippen MR) is 63.0 cm³/mol. The molecule has 1 atom stereocenters. The van der Waals surface area contributed by atoms with E-state index in [1.165, 1.54) is 0 Å². The van der Waals surface area contributed by atoms with E-state index in [4.69, 9.17) is 11.6 Å². The van der Waals surface area contributed by atoms with Crippen molar-refractivity contribution in [1.82, 2.24) is 0 Å². The highest BCUT2D eigenvalue weighted by Gasteiger charge is 2.22. The number of fused-ring (bicyclic) bond motifs is 1. The van der Waals surface area contributed by atoms with Gasteiger partial charge in [0.15, 0.2) is 5.78 Å². The summed E-state index contributed by atoms with van der Waals surface area (Å²) in [5, 5.41) is 2.81. The van der Waals surface area contributed by atoms with Crippen molar-refractivity contribution >= 4 is 29.0 Å². The molecule has 1 amide bonds. The fourth-order valence-corrected chi connectivity index (χ4v) is 1.97. The van der Waals surface area contributed by atoms with Crippen LogP contribution in [0.5, 0.6) is 0 Å². The minimum Gasteiger partial charge on any atom is -0.326 e. The number of ketones is 1. The first kappa shape index (κ1) is 11.1. The molecule has 1 aromatic carbocycles. The van der Waals surface area contributed by atoms with Gasteiger partial charge in [0.1, 0.15) is 0 Å². The number of amides is 1. The van der Waals surface area contributed by atoms with E-state index in [0.717, 1.165) is 11.3 Å². The second kappa shape index (κ2) is 4.26. The smallest absolute Gasteiger partial charge is 0.227 e. The molecule has 0 bridgehead atoms. The van der Waals surface area contributed by atoms with Crippen molar-refractivity contribution in [2.24, 2.45) is 5.92 Å². The molecule has 0 aromatic heterocycles. The Bertz CT molecular complexity index is 456. The number of rotatable bonds is 2. The van der Waals surface area contributed by atoms with Crippen LogP contribution in [0.25, 0.3) is 0 Å². The number of hydrogen-bond donors (Lipinski definition) is 1. The molecule has 0 radical (unpaired) electrons. The largest absolute Gasteiger partial charge is 0.326 e. The van der Waals surface area contributed by atoms with Gasteiger partial charge in [-0.25, -0.2) is 0 Å². The van der Waals surface area contributed by atoms with Crippen LogP contribution in [0.1, 0.15) is 22.8 Å². The summed E-state index contributed by atoms with van der Waals surface area (Å²) >= 11 is 5.50. The van der Waals surface area contributed by atoms with Gasteiger partial charge in [-0.1, -0.05) is 6.92 Å². The molecule has 84 valence electrons. The number of anilines is 1. The molecular formula is C12H12ClNO2. The first-order valence-electron chi connectivity index (χ1n) is 5.14. The molecule has 1 aliphatic rings. The molecule has 16 heavy (non-hydrogen) atoms. The molecule has 0 fully saturated rings. The van der Waals surface area contributed by atoms with Gasteiger partial charge in [0, 0.05) is 17.2 Å². The molecule has 0 aliphatic carbocycles. The summed E-state index contributed by atoms with van der Waals surface area (Å²) < 4.78 is 0. The zero-order valence-electron chi connectivity index (χ0n) is 8.92. The van der Waals surface area contributed by atoms with Crippen molar-refractivity contribution in [3.63, 3.8) is 0 Å². The number of halogens is 1. The zero-order valence-corrected chi connectivity index (χ0v) is 9.67. The molecule has 1 aliphatic heterocycles. The van der Waals surface area contributed by atoms with Gasteiger partial charge in [0.05, 0.1) is 5.88 Å². The van der Waals surface area contributed by atoms with Gasteiger partial charge in [0.2, 0.25) is 5.91 Å². The summed E-state index contributed by atoms with van der Waals surface area (Å²) in [5.41, 5.74) is 2.41. The quantitative estimate of drug-likeness (QED) is 0.633. The summed E-state index contributed by atoms with van der Waals surface area (Å²) in [6.45, 7) is 1.87. The minimum absolute atomic E-state index is 0.0132. The number of carbonyl (C=O) groups is 2. The Kier molecular flexibility index (Phi) is 2.97. The zero-order chi connectivity index (χ0) is 11.7. The van der Waals surface area contributed by atoms with Crippen molar-refractivity contribution in [1.29, 1.82) is 0 Å². The second-order valence-electron chi connectivity index (χ2n) is 4.02. The summed E-state index contributed by atoms with van der Waals surface area (Å²) in [4.78, 5) is 22.9. The summed E-state index contributed by atoms with van der Waals surface area (Å²) in [5.74, 6) is -0.118. The normalized spacial score (nSPS) is 18.9. The van der Waals surface area contributed by atoms with Crippen LogP contribution >= 0.6 is 11.6 Å². The predicted octanol–water partition coefficient (Wildman–Crippen LogP) is 2.24. The third-order valence-corrected chi connectivity index (χ3v) is 3.02. The molecule has 2 rings (SSSR count). The molecule has 0 saturated heterocycles. The number of alkyl halides is 1. The fraction of sp³-hybridized carbons (Fsp3) is 0.333. The van der Waals surface area contributed by atoms with Crippen LogP contribution < -0.4 is 5.32 Å². The van der Waals surface area contributed by atoms with E-state index in [2.05, 4.69) is 5.32 Å².